The first-order chi connectivity index (χ1) is 16.4. The molecule has 2 heterocycles. The molecule has 0 aliphatic rings. The number of sulfonamides is 1. The van der Waals surface area contributed by atoms with Gasteiger partial charge in [0, 0.05) is 46.5 Å². The number of nitrogens with zero attached hydrogens (tertiary/aromatic N) is 4. The molecule has 0 saturated carbocycles. The highest BCUT2D eigenvalue weighted by Gasteiger charge is 2.15. The summed E-state index contributed by atoms with van der Waals surface area (Å²) in [5, 5.41) is 27.5. The summed E-state index contributed by atoms with van der Waals surface area (Å²) in [4.78, 5) is 18.8. The molecule has 0 aliphatic heterocycles. The van der Waals surface area contributed by atoms with Gasteiger partial charge in [-0.05, 0) is 36.4 Å². The quantitative estimate of drug-likeness (QED) is 0.192. The van der Waals surface area contributed by atoms with Crippen molar-refractivity contribution in [1.29, 1.82) is 5.26 Å². The Morgan fingerprint density at radius 2 is 1.85 bits per heavy atom. The molecule has 0 aliphatic carbocycles. The molecule has 0 fully saturated rings. The molecule has 0 bridgehead atoms. The van der Waals surface area contributed by atoms with Crippen molar-refractivity contribution in [2.24, 2.45) is 0 Å². The fourth-order valence-electron chi connectivity index (χ4n) is 2.76. The molecule has 0 unspecified atom stereocenters. The van der Waals surface area contributed by atoms with Gasteiger partial charge in [-0.1, -0.05) is 0 Å². The third-order valence-corrected chi connectivity index (χ3v) is 7.48. The first kappa shape index (κ1) is 23.1. The first-order valence-electron chi connectivity index (χ1n) is 9.45. The van der Waals surface area contributed by atoms with Gasteiger partial charge in [-0.3, -0.25) is 14.8 Å². The summed E-state index contributed by atoms with van der Waals surface area (Å²) < 4.78 is 27.2. The summed E-state index contributed by atoms with van der Waals surface area (Å²) in [7, 11) is -3.75. The predicted octanol–water partition coefficient (Wildman–Crippen LogP) is 4.95. The van der Waals surface area contributed by atoms with Gasteiger partial charge in [0.05, 0.1) is 15.5 Å². The number of nitrogens with one attached hydrogen (secondary N) is 2. The van der Waals surface area contributed by atoms with Crippen molar-refractivity contribution in [2.45, 2.75) is 4.90 Å². The molecule has 0 saturated heterocycles. The molecule has 0 radical (unpaired) electrons. The molecule has 13 heteroatoms. The van der Waals surface area contributed by atoms with E-state index in [1.807, 2.05) is 0 Å². The summed E-state index contributed by atoms with van der Waals surface area (Å²) >= 11 is 2.44. The second kappa shape index (κ2) is 9.79. The van der Waals surface area contributed by atoms with Crippen LogP contribution >= 0.6 is 22.7 Å². The van der Waals surface area contributed by atoms with Crippen LogP contribution in [-0.2, 0) is 10.0 Å². The lowest BCUT2D eigenvalue weighted by atomic mass is 10.1. The van der Waals surface area contributed by atoms with Gasteiger partial charge in [-0.25, -0.2) is 18.4 Å². The molecule has 0 spiro atoms. The Bertz CT molecular complexity index is 1490. The van der Waals surface area contributed by atoms with Crippen LogP contribution in [-0.4, -0.2) is 23.3 Å². The summed E-state index contributed by atoms with van der Waals surface area (Å²) in [6.45, 7) is 0. The van der Waals surface area contributed by atoms with Crippen LogP contribution in [0.5, 0.6) is 0 Å². The molecule has 34 heavy (non-hydrogen) atoms. The standard InChI is InChI=1S/C21H14N6O4S3/c22-11-15(20-25-19(13-33-20)14-1-5-17(6-2-14)27(28)29)12-24-16-3-7-18(8-4-16)34(30,31)26-21-23-9-10-32-21/h1-10,12-13,24H,(H,23,26)/b15-12-. The zero-order valence-corrected chi connectivity index (χ0v) is 19.5. The van der Waals surface area contributed by atoms with Gasteiger partial charge in [0.15, 0.2) is 5.13 Å². The van der Waals surface area contributed by atoms with E-state index in [-0.39, 0.29) is 21.3 Å². The lowest BCUT2D eigenvalue weighted by Crippen LogP contribution is -2.12. The first-order valence-corrected chi connectivity index (χ1v) is 12.7. The highest BCUT2D eigenvalue weighted by atomic mass is 32.2. The number of allylic oxidation sites excluding steroid dienone is 1. The van der Waals surface area contributed by atoms with Crippen molar-refractivity contribution in [3.05, 3.63) is 86.8 Å². The van der Waals surface area contributed by atoms with E-state index in [0.29, 0.717) is 22.0 Å². The van der Waals surface area contributed by atoms with Crippen LogP contribution < -0.4 is 10.0 Å². The molecule has 10 nitrogen and oxygen atoms in total. The van der Waals surface area contributed by atoms with Gasteiger partial charge >= 0.3 is 0 Å². The third kappa shape index (κ3) is 5.26. The fraction of sp³-hybridized carbons (Fsp3) is 0. The van der Waals surface area contributed by atoms with Crippen molar-refractivity contribution in [2.75, 3.05) is 10.0 Å². The second-order valence-electron chi connectivity index (χ2n) is 6.62. The van der Waals surface area contributed by atoms with Crippen LogP contribution in [0.3, 0.4) is 0 Å². The highest BCUT2D eigenvalue weighted by molar-refractivity contribution is 7.93. The minimum absolute atomic E-state index is 0.0150. The zero-order chi connectivity index (χ0) is 24.1. The van der Waals surface area contributed by atoms with Crippen molar-refractivity contribution in [1.82, 2.24) is 9.97 Å². The third-order valence-electron chi connectivity index (χ3n) is 4.43. The Labute approximate surface area is 202 Å². The van der Waals surface area contributed by atoms with Crippen molar-refractivity contribution in [3.8, 4) is 17.3 Å². The van der Waals surface area contributed by atoms with E-state index in [9.17, 15) is 23.8 Å². The molecular formula is C21H14N6O4S3. The number of hydrogen-bond acceptors (Lipinski definition) is 10. The van der Waals surface area contributed by atoms with Crippen LogP contribution in [0.1, 0.15) is 5.01 Å². The largest absolute Gasteiger partial charge is 0.360 e. The number of non-ortho nitro benzene ring substituents is 1. The van der Waals surface area contributed by atoms with Crippen LogP contribution in [0.2, 0.25) is 0 Å². The number of benzene rings is 2. The normalized spacial score (nSPS) is 11.6. The molecule has 4 rings (SSSR count). The number of thiazole rings is 2. The van der Waals surface area contributed by atoms with Crippen molar-refractivity contribution < 1.29 is 13.3 Å². The number of rotatable bonds is 8. The van der Waals surface area contributed by atoms with Gasteiger partial charge in [-0.15, -0.1) is 22.7 Å². The molecule has 2 aromatic carbocycles. The molecule has 0 amide bonds. The van der Waals surface area contributed by atoms with Crippen LogP contribution in [0, 0.1) is 21.4 Å². The van der Waals surface area contributed by atoms with Crippen molar-refractivity contribution in [3.63, 3.8) is 0 Å². The Kier molecular flexibility index (Phi) is 6.64. The number of nitriles is 1. The lowest BCUT2D eigenvalue weighted by Gasteiger charge is -2.06. The number of aromatic nitrogens is 2. The Morgan fingerprint density at radius 3 is 2.47 bits per heavy atom. The van der Waals surface area contributed by atoms with Crippen LogP contribution in [0.25, 0.3) is 16.8 Å². The molecule has 2 aromatic heterocycles. The molecule has 170 valence electrons. The predicted molar refractivity (Wildman–Crippen MR) is 131 cm³/mol. The van der Waals surface area contributed by atoms with E-state index in [2.05, 4.69) is 26.1 Å². The molecule has 4 aromatic rings. The van der Waals surface area contributed by atoms with Crippen molar-refractivity contribution >= 4 is 54.8 Å². The fourth-order valence-corrected chi connectivity index (χ4v) is 5.34. The van der Waals surface area contributed by atoms with Gasteiger partial charge in [0.1, 0.15) is 16.6 Å². The highest BCUT2D eigenvalue weighted by Crippen LogP contribution is 2.27. The van der Waals surface area contributed by atoms with Gasteiger partial charge in [0.2, 0.25) is 0 Å². The van der Waals surface area contributed by atoms with Crippen LogP contribution in [0.4, 0.5) is 16.5 Å². The van der Waals surface area contributed by atoms with Gasteiger partial charge in [0.25, 0.3) is 15.7 Å². The maximum Gasteiger partial charge on any atom is 0.269 e. The summed E-state index contributed by atoms with van der Waals surface area (Å²) in [5.74, 6) is 0. The summed E-state index contributed by atoms with van der Waals surface area (Å²) in [6.07, 6.45) is 2.99. The average molecular weight is 511 g/mol. The van der Waals surface area contributed by atoms with E-state index in [1.165, 1.54) is 59.3 Å². The van der Waals surface area contributed by atoms with Gasteiger partial charge < -0.3 is 5.32 Å². The summed E-state index contributed by atoms with van der Waals surface area (Å²) in [5.41, 5.74) is 2.13. The van der Waals surface area contributed by atoms with E-state index in [0.717, 1.165) is 0 Å². The van der Waals surface area contributed by atoms with E-state index in [1.54, 1.807) is 35.0 Å². The minimum Gasteiger partial charge on any atom is -0.360 e. The zero-order valence-electron chi connectivity index (χ0n) is 17.1. The average Bonchev–Trinajstić information content (AvgIpc) is 3.52. The van der Waals surface area contributed by atoms with E-state index >= 15 is 0 Å². The minimum atomic E-state index is -3.75. The SMILES string of the molecule is N#C/C(=C/Nc1ccc(S(=O)(=O)Nc2nccs2)cc1)c1nc(-c2ccc([N+](=O)[O-])cc2)cs1. The van der Waals surface area contributed by atoms with Gasteiger partial charge in [-0.2, -0.15) is 5.26 Å². The molecule has 2 N–H and O–H groups in total. The van der Waals surface area contributed by atoms with E-state index in [4.69, 9.17) is 0 Å². The Balaban J connectivity index is 1.46. The molecule has 0 atom stereocenters. The van der Waals surface area contributed by atoms with Crippen LogP contribution in [0.15, 0.2) is 76.6 Å². The maximum absolute atomic E-state index is 12.4. The second-order valence-corrected chi connectivity index (χ2v) is 10.1. The summed E-state index contributed by atoms with van der Waals surface area (Å²) in [6, 6.07) is 14.1. The topological polar surface area (TPSA) is 151 Å². The Morgan fingerprint density at radius 1 is 1.12 bits per heavy atom. The van der Waals surface area contributed by atoms with E-state index < -0.39 is 14.9 Å². The lowest BCUT2D eigenvalue weighted by molar-refractivity contribution is -0.384. The smallest absolute Gasteiger partial charge is 0.269 e. The number of anilines is 2. The number of nitro groups is 1. The Hall–Kier alpha value is -4.12. The number of hydrogen-bond donors (Lipinski definition) is 2. The molecular weight excluding hydrogens is 496 g/mol. The number of nitro benzene ring substituents is 1. The monoisotopic (exact) mass is 510 g/mol. The maximum atomic E-state index is 12.4.